The number of ether oxygens (including phenoxy) is 1. The van der Waals surface area contributed by atoms with Crippen LogP contribution in [-0.2, 0) is 14.1 Å². The van der Waals surface area contributed by atoms with Gasteiger partial charge in [0.2, 0.25) is 0 Å². The predicted octanol–water partition coefficient (Wildman–Crippen LogP) is 4.12. The lowest BCUT2D eigenvalue weighted by molar-refractivity contribution is -0.131. The Balaban J connectivity index is 1.91. The van der Waals surface area contributed by atoms with Crippen LogP contribution in [0.1, 0.15) is 45.7 Å². The van der Waals surface area contributed by atoms with Crippen LogP contribution in [0.15, 0.2) is 41.4 Å². The molecule has 0 aliphatic carbocycles. The molecule has 0 radical (unpaired) electrons. The van der Waals surface area contributed by atoms with E-state index in [1.807, 2.05) is 46.8 Å². The molecule has 2 aromatic carbocycles. The first kappa shape index (κ1) is 22.3. The minimum Gasteiger partial charge on any atom is -0.427 e. The van der Waals surface area contributed by atoms with E-state index in [9.17, 15) is 4.79 Å². The molecule has 1 saturated heterocycles. The van der Waals surface area contributed by atoms with Gasteiger partial charge in [-0.05, 0) is 69.9 Å². The van der Waals surface area contributed by atoms with Gasteiger partial charge in [0.05, 0.1) is 16.9 Å². The Kier molecular flexibility index (Phi) is 6.00. The summed E-state index contributed by atoms with van der Waals surface area (Å²) >= 11 is 6.54. The molecule has 0 aromatic heterocycles. The van der Waals surface area contributed by atoms with Crippen molar-refractivity contribution in [3.05, 3.63) is 47.5 Å². The molecular formula is C22H26BClN2O4. The smallest absolute Gasteiger partial charge is 0.427 e. The normalized spacial score (nSPS) is 17.8. The van der Waals surface area contributed by atoms with Gasteiger partial charge >= 0.3 is 13.1 Å². The van der Waals surface area contributed by atoms with Gasteiger partial charge in [0, 0.05) is 18.2 Å². The third-order valence-corrected chi connectivity index (χ3v) is 5.76. The van der Waals surface area contributed by atoms with Crippen molar-refractivity contribution >= 4 is 46.7 Å². The number of rotatable bonds is 4. The number of hydrogen-bond acceptors (Lipinski definition) is 6. The third-order valence-electron chi connectivity index (χ3n) is 5.47. The van der Waals surface area contributed by atoms with Crippen molar-refractivity contribution < 1.29 is 18.8 Å². The largest absolute Gasteiger partial charge is 0.494 e. The number of anilines is 1. The van der Waals surface area contributed by atoms with Gasteiger partial charge in [0.25, 0.3) is 0 Å². The first-order valence-electron chi connectivity index (χ1n) is 9.68. The number of carbonyl (C=O) groups excluding carboxylic acids is 1. The molecule has 1 aliphatic heterocycles. The molecule has 2 aromatic rings. The minimum absolute atomic E-state index is 0.245. The molecule has 30 heavy (non-hydrogen) atoms. The van der Waals surface area contributed by atoms with Crippen LogP contribution in [-0.4, -0.2) is 29.5 Å². The molecule has 158 valence electrons. The zero-order valence-electron chi connectivity index (χ0n) is 18.1. The highest BCUT2D eigenvalue weighted by Crippen LogP contribution is 2.36. The highest BCUT2D eigenvalue weighted by molar-refractivity contribution is 6.71. The Morgan fingerprint density at radius 2 is 1.73 bits per heavy atom. The van der Waals surface area contributed by atoms with E-state index in [4.69, 9.17) is 31.4 Å². The SMILES string of the molecule is CC(=O)Oc1ccc(N=C(Cl)c2cc(B3OC(C)(C)C(C)(C)O3)ccc2N)c(C)c1. The molecule has 0 amide bonds. The van der Waals surface area contributed by atoms with Gasteiger partial charge in [-0.15, -0.1) is 0 Å². The van der Waals surface area contributed by atoms with Gasteiger partial charge in [-0.25, -0.2) is 4.99 Å². The molecular weight excluding hydrogens is 403 g/mol. The number of aliphatic imine (C=N–C) groups is 1. The maximum atomic E-state index is 11.1. The number of carbonyl (C=O) groups is 1. The molecule has 0 saturated carbocycles. The quantitative estimate of drug-likeness (QED) is 0.260. The van der Waals surface area contributed by atoms with Crippen molar-refractivity contribution in [3.63, 3.8) is 0 Å². The zero-order valence-corrected chi connectivity index (χ0v) is 18.8. The number of nitrogens with zero attached hydrogens (tertiary/aromatic N) is 1. The van der Waals surface area contributed by atoms with E-state index in [2.05, 4.69) is 4.99 Å². The zero-order chi connectivity index (χ0) is 22.3. The first-order chi connectivity index (χ1) is 13.9. The molecule has 8 heteroatoms. The summed E-state index contributed by atoms with van der Waals surface area (Å²) in [6, 6.07) is 10.6. The van der Waals surface area contributed by atoms with Gasteiger partial charge in [-0.2, -0.15) is 0 Å². The summed E-state index contributed by atoms with van der Waals surface area (Å²) < 4.78 is 17.3. The van der Waals surface area contributed by atoms with E-state index >= 15 is 0 Å². The number of halogens is 1. The van der Waals surface area contributed by atoms with Crippen LogP contribution in [0.25, 0.3) is 0 Å². The second kappa shape index (κ2) is 8.06. The molecule has 3 rings (SSSR count). The highest BCUT2D eigenvalue weighted by atomic mass is 35.5. The van der Waals surface area contributed by atoms with Crippen molar-refractivity contribution in [2.45, 2.75) is 52.7 Å². The molecule has 1 heterocycles. The van der Waals surface area contributed by atoms with Crippen LogP contribution in [0, 0.1) is 6.92 Å². The summed E-state index contributed by atoms with van der Waals surface area (Å²) in [6.07, 6.45) is 0. The lowest BCUT2D eigenvalue weighted by Crippen LogP contribution is -2.41. The Morgan fingerprint density at radius 3 is 2.30 bits per heavy atom. The van der Waals surface area contributed by atoms with E-state index in [1.54, 1.807) is 24.3 Å². The average molecular weight is 429 g/mol. The lowest BCUT2D eigenvalue weighted by Gasteiger charge is -2.32. The summed E-state index contributed by atoms with van der Waals surface area (Å²) in [7, 11) is -0.524. The van der Waals surface area contributed by atoms with Gasteiger partial charge < -0.3 is 19.8 Å². The molecule has 0 spiro atoms. The summed E-state index contributed by atoms with van der Waals surface area (Å²) in [5, 5.41) is 0.245. The summed E-state index contributed by atoms with van der Waals surface area (Å²) in [5.41, 5.74) is 8.63. The monoisotopic (exact) mass is 428 g/mol. The Hall–Kier alpha value is -2.35. The number of aryl methyl sites for hydroxylation is 1. The Morgan fingerprint density at radius 1 is 1.10 bits per heavy atom. The maximum absolute atomic E-state index is 11.1. The van der Waals surface area contributed by atoms with Gasteiger partial charge in [-0.1, -0.05) is 23.7 Å². The molecule has 1 aliphatic rings. The van der Waals surface area contributed by atoms with Crippen molar-refractivity contribution in [2.75, 3.05) is 5.73 Å². The number of nitrogens with two attached hydrogens (primary N) is 1. The Labute approximate surface area is 182 Å². The van der Waals surface area contributed by atoms with Crippen LogP contribution in [0.3, 0.4) is 0 Å². The lowest BCUT2D eigenvalue weighted by atomic mass is 9.78. The van der Waals surface area contributed by atoms with Crippen LogP contribution in [0.2, 0.25) is 0 Å². The molecule has 6 nitrogen and oxygen atoms in total. The van der Waals surface area contributed by atoms with E-state index in [-0.39, 0.29) is 11.1 Å². The minimum atomic E-state index is -0.524. The van der Waals surface area contributed by atoms with Crippen LogP contribution in [0.4, 0.5) is 11.4 Å². The molecule has 2 N–H and O–H groups in total. The van der Waals surface area contributed by atoms with Gasteiger partial charge in [0.15, 0.2) is 0 Å². The highest BCUT2D eigenvalue weighted by Gasteiger charge is 2.51. The third kappa shape index (κ3) is 4.53. The number of esters is 1. The standard InChI is InChI=1S/C22H26BClN2O4/c1-13-11-16(28-14(2)27)8-10-19(13)26-20(24)17-12-15(7-9-18(17)25)23-29-21(3,4)22(5,6)30-23/h7-12H,25H2,1-6H3. The predicted molar refractivity (Wildman–Crippen MR) is 121 cm³/mol. The van der Waals surface area contributed by atoms with Gasteiger partial charge in [0.1, 0.15) is 10.9 Å². The number of benzene rings is 2. The molecule has 0 unspecified atom stereocenters. The second-order valence-corrected chi connectivity index (χ2v) is 8.74. The van der Waals surface area contributed by atoms with Crippen molar-refractivity contribution in [3.8, 4) is 5.75 Å². The number of nitrogen functional groups attached to an aromatic ring is 1. The summed E-state index contributed by atoms with van der Waals surface area (Å²) in [6.45, 7) is 11.2. The molecule has 0 bridgehead atoms. The number of hydrogen-bond donors (Lipinski definition) is 1. The fraction of sp³-hybridized carbons (Fsp3) is 0.364. The van der Waals surface area contributed by atoms with E-state index in [1.165, 1.54) is 6.92 Å². The average Bonchev–Trinajstić information content (AvgIpc) is 2.84. The fourth-order valence-corrected chi connectivity index (χ4v) is 3.28. The maximum Gasteiger partial charge on any atom is 0.494 e. The summed E-state index contributed by atoms with van der Waals surface area (Å²) in [4.78, 5) is 15.6. The van der Waals surface area contributed by atoms with Crippen molar-refractivity contribution in [2.24, 2.45) is 4.99 Å². The van der Waals surface area contributed by atoms with Crippen LogP contribution in [0.5, 0.6) is 5.75 Å². The second-order valence-electron chi connectivity index (χ2n) is 8.38. The summed E-state index contributed by atoms with van der Waals surface area (Å²) in [5.74, 6) is 0.0771. The van der Waals surface area contributed by atoms with E-state index in [0.29, 0.717) is 22.7 Å². The molecule has 1 fully saturated rings. The molecule has 0 atom stereocenters. The van der Waals surface area contributed by atoms with Crippen LogP contribution < -0.4 is 15.9 Å². The van der Waals surface area contributed by atoms with Gasteiger partial charge in [-0.3, -0.25) is 4.79 Å². The first-order valence-corrected chi connectivity index (χ1v) is 10.1. The topological polar surface area (TPSA) is 83.1 Å². The van der Waals surface area contributed by atoms with Crippen molar-refractivity contribution in [1.29, 1.82) is 0 Å². The van der Waals surface area contributed by atoms with Crippen LogP contribution >= 0.6 is 11.6 Å². The van der Waals surface area contributed by atoms with E-state index in [0.717, 1.165) is 11.0 Å². The Bertz CT molecular complexity index is 1000. The van der Waals surface area contributed by atoms with E-state index < -0.39 is 18.3 Å². The fourth-order valence-electron chi connectivity index (χ4n) is 3.03. The van der Waals surface area contributed by atoms with Crippen molar-refractivity contribution in [1.82, 2.24) is 0 Å².